The predicted molar refractivity (Wildman–Crippen MR) is 71.4 cm³/mol. The predicted octanol–water partition coefficient (Wildman–Crippen LogP) is 3.61. The molecule has 2 aromatic rings. The number of nitrogens with zero attached hydrogens (tertiary/aromatic N) is 2. The van der Waals surface area contributed by atoms with Gasteiger partial charge in [0.1, 0.15) is 0 Å². The molecule has 0 saturated heterocycles. The molecular weight excluding hydrogens is 267 g/mol. The van der Waals surface area contributed by atoms with Crippen LogP contribution in [0.4, 0.5) is 18.9 Å². The molecule has 0 aliphatic heterocycles. The Balaban J connectivity index is 2.09. The van der Waals surface area contributed by atoms with Crippen molar-refractivity contribution in [2.24, 2.45) is 7.05 Å². The molecule has 0 unspecified atom stereocenters. The summed E-state index contributed by atoms with van der Waals surface area (Å²) in [6.07, 6.45) is -3.49. The molecule has 0 spiro atoms. The zero-order valence-electron chi connectivity index (χ0n) is 11.3. The van der Waals surface area contributed by atoms with Crippen molar-refractivity contribution in [2.45, 2.75) is 26.1 Å². The molecule has 0 bridgehead atoms. The smallest absolute Gasteiger partial charge is 0.379 e. The number of aryl methyl sites for hydroxylation is 2. The summed E-state index contributed by atoms with van der Waals surface area (Å²) in [4.78, 5) is 0. The van der Waals surface area contributed by atoms with E-state index in [9.17, 15) is 13.2 Å². The van der Waals surface area contributed by atoms with Gasteiger partial charge in [0.05, 0.1) is 23.5 Å². The van der Waals surface area contributed by atoms with E-state index in [4.69, 9.17) is 0 Å². The Hall–Kier alpha value is -1.98. The summed E-state index contributed by atoms with van der Waals surface area (Å²) in [6.45, 7) is 2.44. The molecule has 20 heavy (non-hydrogen) atoms. The first-order valence-corrected chi connectivity index (χ1v) is 6.33. The Labute approximate surface area is 115 Å². The lowest BCUT2D eigenvalue weighted by Gasteiger charge is -2.10. The number of hydrogen-bond acceptors (Lipinski definition) is 2. The standard InChI is InChI=1S/C14H16F3N3/c1-3-11-8-13(20(2)19-11)9-18-12-6-4-5-10(7-12)14(15,16)17/h4-8,18H,3,9H2,1-2H3. The summed E-state index contributed by atoms with van der Waals surface area (Å²) in [7, 11) is 1.82. The van der Waals surface area contributed by atoms with Crippen molar-refractivity contribution in [3.8, 4) is 0 Å². The minimum atomic E-state index is -4.32. The highest BCUT2D eigenvalue weighted by Gasteiger charge is 2.30. The number of aromatic nitrogens is 2. The Bertz CT molecular complexity index is 588. The van der Waals surface area contributed by atoms with E-state index in [0.29, 0.717) is 12.2 Å². The van der Waals surface area contributed by atoms with Gasteiger partial charge in [-0.1, -0.05) is 13.0 Å². The summed E-state index contributed by atoms with van der Waals surface area (Å²) in [5.41, 5.74) is 1.69. The lowest BCUT2D eigenvalue weighted by atomic mass is 10.2. The molecule has 6 heteroatoms. The van der Waals surface area contributed by atoms with Gasteiger partial charge in [0, 0.05) is 12.7 Å². The quantitative estimate of drug-likeness (QED) is 0.929. The van der Waals surface area contributed by atoms with Gasteiger partial charge in [-0.25, -0.2) is 0 Å². The van der Waals surface area contributed by atoms with Crippen LogP contribution in [-0.4, -0.2) is 9.78 Å². The number of anilines is 1. The van der Waals surface area contributed by atoms with E-state index in [0.717, 1.165) is 29.9 Å². The van der Waals surface area contributed by atoms with Crippen molar-refractivity contribution in [3.05, 3.63) is 47.3 Å². The highest BCUT2D eigenvalue weighted by atomic mass is 19.4. The Morgan fingerprint density at radius 1 is 1.25 bits per heavy atom. The van der Waals surface area contributed by atoms with Crippen LogP contribution >= 0.6 is 0 Å². The van der Waals surface area contributed by atoms with Crippen molar-refractivity contribution in [1.82, 2.24) is 9.78 Å². The van der Waals surface area contributed by atoms with Gasteiger partial charge in [0.15, 0.2) is 0 Å². The number of hydrogen-bond donors (Lipinski definition) is 1. The van der Waals surface area contributed by atoms with Crippen LogP contribution in [-0.2, 0) is 26.2 Å². The fourth-order valence-electron chi connectivity index (χ4n) is 1.91. The summed E-state index contributed by atoms with van der Waals surface area (Å²) >= 11 is 0. The first-order valence-electron chi connectivity index (χ1n) is 6.33. The maximum Gasteiger partial charge on any atom is 0.416 e. The van der Waals surface area contributed by atoms with Crippen LogP contribution in [0.2, 0.25) is 0 Å². The van der Waals surface area contributed by atoms with Gasteiger partial charge in [-0.2, -0.15) is 18.3 Å². The number of rotatable bonds is 4. The molecule has 0 aliphatic rings. The van der Waals surface area contributed by atoms with Crippen LogP contribution in [0.1, 0.15) is 23.9 Å². The Morgan fingerprint density at radius 3 is 2.60 bits per heavy atom. The Morgan fingerprint density at radius 2 is 2.00 bits per heavy atom. The minimum absolute atomic E-state index is 0.435. The summed E-state index contributed by atoms with van der Waals surface area (Å²) in [5.74, 6) is 0. The summed E-state index contributed by atoms with van der Waals surface area (Å²) in [5, 5.41) is 7.29. The summed E-state index contributed by atoms with van der Waals surface area (Å²) in [6, 6.07) is 7.13. The molecule has 0 amide bonds. The molecule has 0 radical (unpaired) electrons. The molecule has 2 rings (SSSR count). The van der Waals surface area contributed by atoms with E-state index >= 15 is 0 Å². The van der Waals surface area contributed by atoms with E-state index < -0.39 is 11.7 Å². The minimum Gasteiger partial charge on any atom is -0.379 e. The van der Waals surface area contributed by atoms with Crippen LogP contribution in [0.25, 0.3) is 0 Å². The number of benzene rings is 1. The van der Waals surface area contributed by atoms with Crippen molar-refractivity contribution in [2.75, 3.05) is 5.32 Å². The maximum atomic E-state index is 12.6. The molecule has 1 aromatic carbocycles. The lowest BCUT2D eigenvalue weighted by molar-refractivity contribution is -0.137. The van der Waals surface area contributed by atoms with Gasteiger partial charge < -0.3 is 5.32 Å². The molecule has 0 fully saturated rings. The van der Waals surface area contributed by atoms with E-state index in [1.165, 1.54) is 6.07 Å². The largest absolute Gasteiger partial charge is 0.416 e. The number of halogens is 3. The highest BCUT2D eigenvalue weighted by Crippen LogP contribution is 2.30. The second-order valence-corrected chi connectivity index (χ2v) is 4.54. The zero-order chi connectivity index (χ0) is 14.8. The molecular formula is C14H16F3N3. The molecule has 1 N–H and O–H groups in total. The second kappa shape index (κ2) is 5.56. The van der Waals surface area contributed by atoms with Crippen LogP contribution in [0, 0.1) is 0 Å². The molecule has 0 saturated carbocycles. The molecule has 0 aliphatic carbocycles. The van der Waals surface area contributed by atoms with E-state index in [2.05, 4.69) is 10.4 Å². The number of alkyl halides is 3. The van der Waals surface area contributed by atoms with Gasteiger partial charge >= 0.3 is 6.18 Å². The van der Waals surface area contributed by atoms with E-state index in [-0.39, 0.29) is 0 Å². The normalized spacial score (nSPS) is 11.7. The summed E-state index contributed by atoms with van der Waals surface area (Å²) < 4.78 is 39.5. The first-order chi connectivity index (χ1) is 9.40. The van der Waals surface area contributed by atoms with Crippen molar-refractivity contribution >= 4 is 5.69 Å². The van der Waals surface area contributed by atoms with Crippen molar-refractivity contribution in [1.29, 1.82) is 0 Å². The molecule has 108 valence electrons. The fraction of sp³-hybridized carbons (Fsp3) is 0.357. The Kier molecular flexibility index (Phi) is 4.01. The third-order valence-electron chi connectivity index (χ3n) is 3.05. The highest BCUT2D eigenvalue weighted by molar-refractivity contribution is 5.46. The molecule has 1 aromatic heterocycles. The van der Waals surface area contributed by atoms with Crippen LogP contribution in [0.5, 0.6) is 0 Å². The average molecular weight is 283 g/mol. The SMILES string of the molecule is CCc1cc(CNc2cccc(C(F)(F)F)c2)n(C)n1. The second-order valence-electron chi connectivity index (χ2n) is 4.54. The monoisotopic (exact) mass is 283 g/mol. The zero-order valence-corrected chi connectivity index (χ0v) is 11.3. The van der Waals surface area contributed by atoms with Gasteiger partial charge in [-0.15, -0.1) is 0 Å². The van der Waals surface area contributed by atoms with Crippen molar-refractivity contribution < 1.29 is 13.2 Å². The van der Waals surface area contributed by atoms with E-state index in [1.807, 2.05) is 20.0 Å². The maximum absolute atomic E-state index is 12.6. The van der Waals surface area contributed by atoms with Crippen LogP contribution in [0.3, 0.4) is 0 Å². The van der Waals surface area contributed by atoms with Gasteiger partial charge in [-0.05, 0) is 30.7 Å². The topological polar surface area (TPSA) is 29.9 Å². The fourth-order valence-corrected chi connectivity index (χ4v) is 1.91. The van der Waals surface area contributed by atoms with E-state index in [1.54, 1.807) is 10.7 Å². The van der Waals surface area contributed by atoms with Crippen molar-refractivity contribution in [3.63, 3.8) is 0 Å². The molecule has 1 heterocycles. The van der Waals surface area contributed by atoms with Gasteiger partial charge in [-0.3, -0.25) is 4.68 Å². The van der Waals surface area contributed by atoms with Gasteiger partial charge in [0.2, 0.25) is 0 Å². The lowest BCUT2D eigenvalue weighted by Crippen LogP contribution is -2.08. The average Bonchev–Trinajstić information content (AvgIpc) is 2.76. The van der Waals surface area contributed by atoms with Crippen LogP contribution < -0.4 is 5.32 Å². The van der Waals surface area contributed by atoms with Crippen LogP contribution in [0.15, 0.2) is 30.3 Å². The number of nitrogens with one attached hydrogen (secondary N) is 1. The molecule has 0 atom stereocenters. The first kappa shape index (κ1) is 14.4. The van der Waals surface area contributed by atoms with Gasteiger partial charge in [0.25, 0.3) is 0 Å². The third-order valence-corrected chi connectivity index (χ3v) is 3.05. The molecule has 3 nitrogen and oxygen atoms in total. The third kappa shape index (κ3) is 3.31.